The smallest absolute Gasteiger partial charge is 0.317 e. The average Bonchev–Trinajstić information content (AvgIpc) is 2.25. The Morgan fingerprint density at radius 3 is 2.71 bits per heavy atom. The Kier molecular flexibility index (Phi) is 5.83. The highest BCUT2D eigenvalue weighted by molar-refractivity contribution is 7.99. The largest absolute Gasteiger partial charge is 0.337 e. The maximum atomic E-state index is 11.6. The van der Waals surface area contributed by atoms with Gasteiger partial charge >= 0.3 is 6.03 Å². The number of urea groups is 1. The molecule has 0 aromatic carbocycles. The van der Waals surface area contributed by atoms with Crippen molar-refractivity contribution < 1.29 is 4.79 Å². The number of hydrogen-bond acceptors (Lipinski definition) is 2. The number of nitrogens with zero attached hydrogens (tertiary/aromatic N) is 1. The van der Waals surface area contributed by atoms with Gasteiger partial charge < -0.3 is 10.2 Å². The number of rotatable bonds is 4. The first-order valence-electron chi connectivity index (χ1n) is 5.45. The summed E-state index contributed by atoms with van der Waals surface area (Å²) in [6, 6.07) is 0.126. The summed E-state index contributed by atoms with van der Waals surface area (Å²) in [6.07, 6.45) is 3.60. The predicted octanol–water partition coefficient (Wildman–Crippen LogP) is 1.94. The maximum absolute atomic E-state index is 11.6. The molecule has 2 amide bonds. The normalized spacial score (nSPS) is 16.8. The van der Waals surface area contributed by atoms with Crippen LogP contribution in [0.3, 0.4) is 0 Å². The minimum absolute atomic E-state index is 0.126. The summed E-state index contributed by atoms with van der Waals surface area (Å²) in [5.74, 6) is 2.15. The van der Waals surface area contributed by atoms with Gasteiger partial charge in [0.15, 0.2) is 0 Å². The Balaban J connectivity index is 2.07. The molecule has 0 bridgehead atoms. The fourth-order valence-corrected chi connectivity index (χ4v) is 2.12. The van der Waals surface area contributed by atoms with E-state index in [0.29, 0.717) is 0 Å². The lowest BCUT2D eigenvalue weighted by Crippen LogP contribution is -2.43. The maximum Gasteiger partial charge on any atom is 0.317 e. The van der Waals surface area contributed by atoms with E-state index in [1.807, 2.05) is 16.7 Å². The number of hydrogen-bond donors (Lipinski definition) is 1. The van der Waals surface area contributed by atoms with Gasteiger partial charge in [0, 0.05) is 25.4 Å². The molecule has 0 spiro atoms. The number of amides is 2. The number of likely N-dealkylation sites (tertiary alicyclic amines) is 1. The highest BCUT2D eigenvalue weighted by Crippen LogP contribution is 2.08. The van der Waals surface area contributed by atoms with Crippen molar-refractivity contribution in [1.29, 1.82) is 0 Å². The molecule has 4 heteroatoms. The summed E-state index contributed by atoms with van der Waals surface area (Å²) in [4.78, 5) is 13.5. The first-order valence-corrected chi connectivity index (χ1v) is 6.60. The van der Waals surface area contributed by atoms with E-state index in [9.17, 15) is 4.79 Å². The average molecular weight is 216 g/mol. The van der Waals surface area contributed by atoms with E-state index in [-0.39, 0.29) is 6.03 Å². The number of nitrogens with one attached hydrogen (secondary N) is 1. The summed E-state index contributed by atoms with van der Waals surface area (Å²) < 4.78 is 0. The van der Waals surface area contributed by atoms with Gasteiger partial charge in [-0.3, -0.25) is 0 Å². The van der Waals surface area contributed by atoms with Crippen LogP contribution in [0.4, 0.5) is 4.79 Å². The number of thioether (sulfide) groups is 1. The zero-order chi connectivity index (χ0) is 10.2. The molecule has 1 aliphatic heterocycles. The Morgan fingerprint density at radius 2 is 2.07 bits per heavy atom. The third-order valence-corrected chi connectivity index (χ3v) is 3.27. The van der Waals surface area contributed by atoms with Gasteiger partial charge in [-0.1, -0.05) is 6.92 Å². The summed E-state index contributed by atoms with van der Waals surface area (Å²) in [5, 5.41) is 2.95. The molecule has 1 saturated heterocycles. The van der Waals surface area contributed by atoms with Crippen molar-refractivity contribution >= 4 is 17.8 Å². The topological polar surface area (TPSA) is 32.3 Å². The summed E-state index contributed by atoms with van der Waals surface area (Å²) >= 11 is 1.86. The monoisotopic (exact) mass is 216 g/mol. The molecule has 3 nitrogen and oxygen atoms in total. The van der Waals surface area contributed by atoms with Gasteiger partial charge in [-0.2, -0.15) is 11.8 Å². The molecule has 1 heterocycles. The zero-order valence-corrected chi connectivity index (χ0v) is 9.74. The van der Waals surface area contributed by atoms with Gasteiger partial charge in [0.05, 0.1) is 0 Å². The van der Waals surface area contributed by atoms with Gasteiger partial charge in [-0.05, 0) is 25.0 Å². The molecule has 0 unspecified atom stereocenters. The summed E-state index contributed by atoms with van der Waals surface area (Å²) in [5.41, 5.74) is 0. The van der Waals surface area contributed by atoms with Crippen LogP contribution in [0.1, 0.15) is 26.2 Å². The van der Waals surface area contributed by atoms with Crippen molar-refractivity contribution in [3.05, 3.63) is 0 Å². The van der Waals surface area contributed by atoms with Crippen molar-refractivity contribution in [2.45, 2.75) is 26.2 Å². The molecule has 1 N–H and O–H groups in total. The van der Waals surface area contributed by atoms with Crippen LogP contribution in [-0.2, 0) is 0 Å². The molecular formula is C10H20N2OS. The van der Waals surface area contributed by atoms with Crippen LogP contribution in [0.2, 0.25) is 0 Å². The lowest BCUT2D eigenvalue weighted by Gasteiger charge is -2.26. The van der Waals surface area contributed by atoms with Gasteiger partial charge in [0.2, 0.25) is 0 Å². The Hall–Kier alpha value is -0.380. The van der Waals surface area contributed by atoms with Crippen LogP contribution in [-0.4, -0.2) is 42.1 Å². The molecule has 82 valence electrons. The van der Waals surface area contributed by atoms with E-state index in [1.165, 1.54) is 6.42 Å². The van der Waals surface area contributed by atoms with E-state index in [1.54, 1.807) is 0 Å². The Labute approximate surface area is 90.6 Å². The fourth-order valence-electron chi connectivity index (χ4n) is 1.58. The molecule has 0 saturated carbocycles. The minimum Gasteiger partial charge on any atom is -0.337 e. The third-order valence-electron chi connectivity index (χ3n) is 2.37. The second-order valence-corrected chi connectivity index (χ2v) is 4.87. The van der Waals surface area contributed by atoms with Gasteiger partial charge in [-0.15, -0.1) is 0 Å². The molecule has 0 aromatic rings. The number of carbonyl (C=O) groups is 1. The van der Waals surface area contributed by atoms with E-state index in [0.717, 1.165) is 44.0 Å². The Bertz CT molecular complexity index is 170. The second-order valence-electron chi connectivity index (χ2n) is 3.48. The van der Waals surface area contributed by atoms with Crippen LogP contribution in [0.5, 0.6) is 0 Å². The van der Waals surface area contributed by atoms with E-state index in [2.05, 4.69) is 12.2 Å². The molecule has 1 rings (SSSR count). The fraction of sp³-hybridized carbons (Fsp3) is 0.900. The minimum atomic E-state index is 0.126. The second kappa shape index (κ2) is 6.98. The van der Waals surface area contributed by atoms with Crippen LogP contribution < -0.4 is 5.32 Å². The van der Waals surface area contributed by atoms with Crippen molar-refractivity contribution in [3.63, 3.8) is 0 Å². The number of carbonyl (C=O) groups excluding carboxylic acids is 1. The molecule has 0 aliphatic carbocycles. The molecule has 1 fully saturated rings. The molecule has 14 heavy (non-hydrogen) atoms. The predicted molar refractivity (Wildman–Crippen MR) is 61.8 cm³/mol. The summed E-state index contributed by atoms with van der Waals surface area (Å²) in [7, 11) is 0. The molecule has 1 aliphatic rings. The van der Waals surface area contributed by atoms with Crippen molar-refractivity contribution in [2.75, 3.05) is 31.1 Å². The molecule has 0 atom stereocenters. The highest BCUT2D eigenvalue weighted by Gasteiger charge is 2.15. The van der Waals surface area contributed by atoms with Gasteiger partial charge in [-0.25, -0.2) is 4.79 Å². The standard InChI is InChI=1S/C10H20N2OS/c1-2-14-9-6-11-10(13)12-7-4-3-5-8-12/h2-9H2,1H3,(H,11,13). The Morgan fingerprint density at radius 1 is 1.36 bits per heavy atom. The third kappa shape index (κ3) is 4.22. The molecule has 0 radical (unpaired) electrons. The van der Waals surface area contributed by atoms with Crippen LogP contribution in [0, 0.1) is 0 Å². The lowest BCUT2D eigenvalue weighted by molar-refractivity contribution is 0.187. The van der Waals surface area contributed by atoms with Gasteiger partial charge in [0.25, 0.3) is 0 Å². The highest BCUT2D eigenvalue weighted by atomic mass is 32.2. The zero-order valence-electron chi connectivity index (χ0n) is 8.92. The summed E-state index contributed by atoms with van der Waals surface area (Å²) in [6.45, 7) is 4.81. The quantitative estimate of drug-likeness (QED) is 0.728. The first kappa shape index (κ1) is 11.7. The van der Waals surface area contributed by atoms with E-state index >= 15 is 0 Å². The molecular weight excluding hydrogens is 196 g/mol. The SMILES string of the molecule is CCSCCNC(=O)N1CCCCC1. The lowest BCUT2D eigenvalue weighted by atomic mass is 10.1. The van der Waals surface area contributed by atoms with Crippen LogP contribution in [0.25, 0.3) is 0 Å². The van der Waals surface area contributed by atoms with Crippen LogP contribution >= 0.6 is 11.8 Å². The first-order chi connectivity index (χ1) is 6.84. The van der Waals surface area contributed by atoms with Gasteiger partial charge in [0.1, 0.15) is 0 Å². The van der Waals surface area contributed by atoms with Crippen molar-refractivity contribution in [1.82, 2.24) is 10.2 Å². The van der Waals surface area contributed by atoms with E-state index in [4.69, 9.17) is 0 Å². The molecule has 0 aromatic heterocycles. The van der Waals surface area contributed by atoms with Crippen LogP contribution in [0.15, 0.2) is 0 Å². The number of piperidine rings is 1. The van der Waals surface area contributed by atoms with Crippen molar-refractivity contribution in [2.24, 2.45) is 0 Å². The van der Waals surface area contributed by atoms with E-state index < -0.39 is 0 Å². The van der Waals surface area contributed by atoms with Crippen molar-refractivity contribution in [3.8, 4) is 0 Å².